The van der Waals surface area contributed by atoms with E-state index in [1.165, 1.54) is 0 Å². The molecule has 10 nitrogen and oxygen atoms in total. The van der Waals surface area contributed by atoms with Crippen LogP contribution in [0.15, 0.2) is 146 Å². The first kappa shape index (κ1) is 41.7. The van der Waals surface area contributed by atoms with E-state index in [-0.39, 0.29) is 36.0 Å². The number of hydrogen-bond acceptors (Lipinski definition) is 6. The molecule has 63 heavy (non-hydrogen) atoms. The van der Waals surface area contributed by atoms with Gasteiger partial charge in [-0.25, -0.2) is 9.97 Å². The summed E-state index contributed by atoms with van der Waals surface area (Å²) in [5.74, 6) is 1.90. The summed E-state index contributed by atoms with van der Waals surface area (Å²) in [6.07, 6.45) is 8.56. The van der Waals surface area contributed by atoms with Gasteiger partial charge >= 0.3 is 0 Å². The van der Waals surface area contributed by atoms with Crippen LogP contribution in [-0.2, 0) is 9.59 Å². The largest absolute Gasteiger partial charge is 0.340 e. The normalized spacial score (nSPS) is 17.6. The summed E-state index contributed by atoms with van der Waals surface area (Å²) in [5, 5.41) is 0. The Morgan fingerprint density at radius 1 is 0.492 bits per heavy atom. The third-order valence-electron chi connectivity index (χ3n) is 12.8. The molecule has 2 fully saturated rings. The lowest BCUT2D eigenvalue weighted by atomic mass is 9.97. The fraction of sp³-hybridized carbons (Fsp3) is 0.283. The van der Waals surface area contributed by atoms with Gasteiger partial charge < -0.3 is 19.8 Å². The molecule has 0 aliphatic carbocycles. The summed E-state index contributed by atoms with van der Waals surface area (Å²) >= 11 is 0. The molecule has 0 spiro atoms. The highest BCUT2D eigenvalue weighted by Gasteiger charge is 2.38. The number of imidazole rings is 2. The van der Waals surface area contributed by atoms with Crippen LogP contribution in [0.3, 0.4) is 0 Å². The number of rotatable bonds is 12. The Morgan fingerprint density at radius 3 is 1.22 bits per heavy atom. The van der Waals surface area contributed by atoms with Gasteiger partial charge in [0.2, 0.25) is 11.8 Å². The maximum absolute atomic E-state index is 14.1. The van der Waals surface area contributed by atoms with E-state index >= 15 is 0 Å². The van der Waals surface area contributed by atoms with Gasteiger partial charge in [-0.05, 0) is 105 Å². The van der Waals surface area contributed by atoms with Crippen LogP contribution < -0.4 is 0 Å². The maximum Gasteiger partial charge on any atom is 0.245 e. The standard InChI is InChI=1S/C53H56N8O2/c1-58(2)48(42-14-7-5-8-15-42)52(62)60-32-12-11-18-46(60)50-54-34-44(56-50)40-28-24-38(25-29-40)36-20-22-37(23-21-36)39-26-30-41(31-27-39)45-35-55-51(57-45)47-19-13-33-61(47)53(63)49(59(3)4)43-16-9-6-10-17-43/h5-10,14-17,20-31,34-35,46-49H,11-13,18-19,32-33H2,1-4H3,(H,54,56)(H,55,57). The quantitative estimate of drug-likeness (QED) is 0.127. The van der Waals surface area contributed by atoms with Gasteiger partial charge in [-0.1, -0.05) is 133 Å². The lowest BCUT2D eigenvalue weighted by Gasteiger charge is -2.38. The van der Waals surface area contributed by atoms with Gasteiger partial charge in [0, 0.05) is 13.1 Å². The van der Waals surface area contributed by atoms with E-state index in [2.05, 4.69) is 82.8 Å². The Labute approximate surface area is 370 Å². The molecule has 4 unspecified atom stereocenters. The summed E-state index contributed by atoms with van der Waals surface area (Å²) in [6.45, 7) is 1.45. The molecule has 2 N–H and O–H groups in total. The molecule has 7 aromatic rings. The first-order valence-electron chi connectivity index (χ1n) is 22.2. The van der Waals surface area contributed by atoms with Crippen LogP contribution in [0.5, 0.6) is 0 Å². The van der Waals surface area contributed by atoms with Crippen molar-refractivity contribution in [2.45, 2.75) is 56.3 Å². The van der Waals surface area contributed by atoms with Gasteiger partial charge in [0.05, 0.1) is 35.9 Å². The van der Waals surface area contributed by atoms with Crippen LogP contribution in [0.1, 0.15) is 79.0 Å². The van der Waals surface area contributed by atoms with E-state index in [0.29, 0.717) is 0 Å². The maximum atomic E-state index is 14.1. The molecule has 2 aliphatic rings. The first-order valence-corrected chi connectivity index (χ1v) is 22.2. The molecule has 4 heterocycles. The van der Waals surface area contributed by atoms with Crippen LogP contribution in [-0.4, -0.2) is 92.6 Å². The summed E-state index contributed by atoms with van der Waals surface area (Å²) in [5.41, 5.74) is 10.5. The van der Waals surface area contributed by atoms with E-state index in [9.17, 15) is 9.59 Å². The molecule has 0 saturated carbocycles. The third-order valence-corrected chi connectivity index (χ3v) is 12.8. The predicted octanol–water partition coefficient (Wildman–Crippen LogP) is 10.1. The number of hydrogen-bond donors (Lipinski definition) is 2. The molecule has 9 rings (SSSR count). The number of H-pyrrole nitrogens is 2. The number of carbonyl (C=O) groups excluding carboxylic acids is 2. The Balaban J connectivity index is 0.843. The van der Waals surface area contributed by atoms with Gasteiger partial charge in [0.1, 0.15) is 23.7 Å². The molecule has 0 radical (unpaired) electrons. The Hall–Kier alpha value is -6.62. The van der Waals surface area contributed by atoms with Crippen molar-refractivity contribution in [2.24, 2.45) is 0 Å². The molecular weight excluding hydrogens is 781 g/mol. The van der Waals surface area contributed by atoms with Crippen molar-refractivity contribution >= 4 is 11.8 Å². The van der Waals surface area contributed by atoms with Crippen molar-refractivity contribution in [2.75, 3.05) is 41.3 Å². The average molecular weight is 837 g/mol. The van der Waals surface area contributed by atoms with Crippen LogP contribution >= 0.6 is 0 Å². The van der Waals surface area contributed by atoms with Crippen LogP contribution in [0.25, 0.3) is 44.8 Å². The summed E-state index contributed by atoms with van der Waals surface area (Å²) < 4.78 is 0. The van der Waals surface area contributed by atoms with Crippen molar-refractivity contribution in [3.63, 3.8) is 0 Å². The van der Waals surface area contributed by atoms with Gasteiger partial charge in [-0.15, -0.1) is 0 Å². The number of aromatic nitrogens is 4. The summed E-state index contributed by atoms with van der Waals surface area (Å²) in [4.78, 5) is 52.8. The summed E-state index contributed by atoms with van der Waals surface area (Å²) in [6, 6.07) is 45.0. The number of likely N-dealkylation sites (tertiary alicyclic amines) is 2. The van der Waals surface area contributed by atoms with Crippen molar-refractivity contribution in [3.05, 3.63) is 169 Å². The monoisotopic (exact) mass is 836 g/mol. The topological polar surface area (TPSA) is 104 Å². The zero-order valence-corrected chi connectivity index (χ0v) is 36.6. The molecule has 2 amide bonds. The summed E-state index contributed by atoms with van der Waals surface area (Å²) in [7, 11) is 7.87. The Kier molecular flexibility index (Phi) is 12.2. The second kappa shape index (κ2) is 18.4. The van der Waals surface area contributed by atoms with Gasteiger partial charge in [0.15, 0.2) is 0 Å². The lowest BCUT2D eigenvalue weighted by Crippen LogP contribution is -2.45. The lowest BCUT2D eigenvalue weighted by molar-refractivity contribution is -0.140. The van der Waals surface area contributed by atoms with E-state index in [4.69, 9.17) is 9.97 Å². The van der Waals surface area contributed by atoms with E-state index in [1.807, 2.05) is 121 Å². The Morgan fingerprint density at radius 2 is 0.841 bits per heavy atom. The first-order chi connectivity index (χ1) is 30.7. The number of likely N-dealkylation sites (N-methyl/N-ethyl adjacent to an activating group) is 2. The van der Waals surface area contributed by atoms with Crippen molar-refractivity contribution in [3.8, 4) is 44.8 Å². The van der Waals surface area contributed by atoms with Gasteiger partial charge in [-0.2, -0.15) is 0 Å². The molecule has 320 valence electrons. The molecule has 2 aliphatic heterocycles. The second-order valence-corrected chi connectivity index (χ2v) is 17.4. The zero-order valence-electron chi connectivity index (χ0n) is 36.6. The van der Waals surface area contributed by atoms with Crippen molar-refractivity contribution in [1.29, 1.82) is 0 Å². The molecule has 5 aromatic carbocycles. The fourth-order valence-electron chi connectivity index (χ4n) is 9.55. The number of piperidine rings is 1. The number of nitrogens with zero attached hydrogens (tertiary/aromatic N) is 6. The SMILES string of the molecule is CN(C)C(C(=O)N1CCCCC1c1ncc(-c2ccc(-c3ccc(-c4ccc(-c5cnc(C6CCCN6C(=O)C(c6ccccc6)N(C)C)[nH]5)cc4)cc3)cc2)[nH]1)c1ccccc1. The number of carbonyl (C=O) groups is 2. The molecule has 2 aromatic heterocycles. The fourth-order valence-corrected chi connectivity index (χ4v) is 9.55. The minimum absolute atomic E-state index is 0.0807. The number of nitrogens with one attached hydrogen (secondary N) is 2. The molecule has 10 heteroatoms. The van der Waals surface area contributed by atoms with Crippen molar-refractivity contribution in [1.82, 2.24) is 39.5 Å². The highest BCUT2D eigenvalue weighted by Crippen LogP contribution is 2.37. The minimum Gasteiger partial charge on any atom is -0.340 e. The van der Waals surface area contributed by atoms with E-state index < -0.39 is 0 Å². The van der Waals surface area contributed by atoms with E-state index in [1.54, 1.807) is 0 Å². The highest BCUT2D eigenvalue weighted by atomic mass is 16.2. The number of benzene rings is 5. The molecule has 0 bridgehead atoms. The average Bonchev–Trinajstić information content (AvgIpc) is 4.12. The minimum atomic E-state index is -0.345. The van der Waals surface area contributed by atoms with Gasteiger partial charge in [-0.3, -0.25) is 19.4 Å². The molecule has 4 atom stereocenters. The van der Waals surface area contributed by atoms with Crippen LogP contribution in [0, 0.1) is 0 Å². The molecule has 2 saturated heterocycles. The van der Waals surface area contributed by atoms with Crippen LogP contribution in [0.2, 0.25) is 0 Å². The third kappa shape index (κ3) is 8.74. The second-order valence-electron chi connectivity index (χ2n) is 17.4. The molecular formula is C53H56N8O2. The van der Waals surface area contributed by atoms with Gasteiger partial charge in [0.25, 0.3) is 0 Å². The van der Waals surface area contributed by atoms with Crippen LogP contribution in [0.4, 0.5) is 0 Å². The zero-order chi connectivity index (χ0) is 43.5. The van der Waals surface area contributed by atoms with E-state index in [0.717, 1.165) is 113 Å². The predicted molar refractivity (Wildman–Crippen MR) is 250 cm³/mol. The van der Waals surface area contributed by atoms with Crippen molar-refractivity contribution < 1.29 is 9.59 Å². The number of amides is 2. The highest BCUT2D eigenvalue weighted by molar-refractivity contribution is 5.85. The smallest absolute Gasteiger partial charge is 0.245 e. The Bertz CT molecular complexity index is 2620. The number of aromatic amines is 2.